The summed E-state index contributed by atoms with van der Waals surface area (Å²) in [4.78, 5) is 12.3. The van der Waals surface area contributed by atoms with Gasteiger partial charge in [-0.2, -0.15) is 0 Å². The average Bonchev–Trinajstić information content (AvgIpc) is 2.50. The summed E-state index contributed by atoms with van der Waals surface area (Å²) in [5.74, 6) is -0.221. The number of benzene rings is 2. The van der Waals surface area contributed by atoms with Crippen LogP contribution in [0.2, 0.25) is 5.02 Å². The molecule has 0 saturated heterocycles. The van der Waals surface area contributed by atoms with Gasteiger partial charge in [-0.3, -0.25) is 4.79 Å². The third kappa shape index (κ3) is 4.09. The first-order valence-corrected chi connectivity index (χ1v) is 7.66. The maximum Gasteiger partial charge on any atom is 0.253 e. The maximum absolute atomic E-state index is 12.3. The highest BCUT2D eigenvalue weighted by Crippen LogP contribution is 2.21. The number of halogens is 1. The number of amides is 1. The lowest BCUT2D eigenvalue weighted by molar-refractivity contribution is 0.0917. The molecule has 1 amide bonds. The van der Waals surface area contributed by atoms with Gasteiger partial charge in [-0.15, -0.1) is 0 Å². The Hall–Kier alpha value is -1.84. The van der Waals surface area contributed by atoms with E-state index >= 15 is 0 Å². The molecule has 0 heterocycles. The van der Waals surface area contributed by atoms with E-state index in [1.54, 1.807) is 12.1 Å². The van der Waals surface area contributed by atoms with Crippen molar-refractivity contribution in [1.29, 1.82) is 0 Å². The van der Waals surface area contributed by atoms with E-state index in [1.165, 1.54) is 0 Å². The molecule has 0 spiro atoms. The van der Waals surface area contributed by atoms with Crippen LogP contribution in [0.4, 0.5) is 0 Å². The van der Waals surface area contributed by atoms with Crippen LogP contribution in [0, 0.1) is 6.92 Å². The summed E-state index contributed by atoms with van der Waals surface area (Å²) in [6.07, 6.45) is -0.163. The van der Waals surface area contributed by atoms with E-state index in [0.29, 0.717) is 17.0 Å². The van der Waals surface area contributed by atoms with E-state index < -0.39 is 6.10 Å². The minimum atomic E-state index is -0.607. The lowest BCUT2D eigenvalue weighted by Gasteiger charge is -2.18. The Balaban J connectivity index is 1.98. The predicted molar refractivity (Wildman–Crippen MR) is 89.1 cm³/mol. The number of aliphatic hydroxyl groups is 1. The minimum Gasteiger partial charge on any atom is -0.388 e. The number of rotatable bonds is 5. The van der Waals surface area contributed by atoms with Crippen molar-refractivity contribution in [2.75, 3.05) is 0 Å². The van der Waals surface area contributed by atoms with Crippen LogP contribution in [0.15, 0.2) is 48.5 Å². The summed E-state index contributed by atoms with van der Waals surface area (Å²) in [7, 11) is 0. The first-order valence-electron chi connectivity index (χ1n) is 7.28. The molecule has 0 radical (unpaired) electrons. The Labute approximate surface area is 135 Å². The lowest BCUT2D eigenvalue weighted by atomic mass is 10.0. The molecule has 0 aliphatic heterocycles. The number of carbonyl (C=O) groups is 1. The van der Waals surface area contributed by atoms with E-state index in [1.807, 2.05) is 50.2 Å². The van der Waals surface area contributed by atoms with Crippen molar-refractivity contribution in [3.63, 3.8) is 0 Å². The third-order valence-electron chi connectivity index (χ3n) is 3.58. The second-order valence-electron chi connectivity index (χ2n) is 5.47. The lowest BCUT2D eigenvalue weighted by Crippen LogP contribution is -2.34. The molecule has 0 aliphatic carbocycles. The number of aryl methyl sites for hydroxylation is 1. The maximum atomic E-state index is 12.3. The van der Waals surface area contributed by atoms with Crippen molar-refractivity contribution in [3.05, 3.63) is 70.2 Å². The summed E-state index contributed by atoms with van der Waals surface area (Å²) >= 11 is 6.16. The Morgan fingerprint density at radius 3 is 2.55 bits per heavy atom. The van der Waals surface area contributed by atoms with Crippen molar-refractivity contribution in [2.45, 2.75) is 32.4 Å². The van der Waals surface area contributed by atoms with Gasteiger partial charge in [0.25, 0.3) is 5.91 Å². The fourth-order valence-corrected chi connectivity index (χ4v) is 2.54. The van der Waals surface area contributed by atoms with Crippen molar-refractivity contribution >= 4 is 17.5 Å². The second kappa shape index (κ2) is 7.43. The zero-order chi connectivity index (χ0) is 16.1. The Kier molecular flexibility index (Phi) is 5.58. The monoisotopic (exact) mass is 317 g/mol. The third-order valence-corrected chi connectivity index (χ3v) is 4.08. The average molecular weight is 318 g/mol. The highest BCUT2D eigenvalue weighted by Gasteiger charge is 2.17. The van der Waals surface area contributed by atoms with Crippen molar-refractivity contribution in [3.8, 4) is 0 Å². The molecular formula is C18H20ClNO2. The molecule has 3 nitrogen and oxygen atoms in total. The van der Waals surface area contributed by atoms with Gasteiger partial charge in [0.05, 0.1) is 16.7 Å². The Morgan fingerprint density at radius 2 is 1.86 bits per heavy atom. The van der Waals surface area contributed by atoms with Crippen molar-refractivity contribution in [2.24, 2.45) is 0 Å². The zero-order valence-corrected chi connectivity index (χ0v) is 13.5. The van der Waals surface area contributed by atoms with Crippen molar-refractivity contribution in [1.82, 2.24) is 5.32 Å². The van der Waals surface area contributed by atoms with Crippen molar-refractivity contribution < 1.29 is 9.90 Å². The molecule has 2 aromatic rings. The highest BCUT2D eigenvalue weighted by molar-refractivity contribution is 6.34. The molecule has 2 aromatic carbocycles. The van der Waals surface area contributed by atoms with E-state index in [9.17, 15) is 9.90 Å². The van der Waals surface area contributed by atoms with Gasteiger partial charge in [0.1, 0.15) is 0 Å². The topological polar surface area (TPSA) is 49.3 Å². The van der Waals surface area contributed by atoms with Crippen LogP contribution in [-0.4, -0.2) is 17.1 Å². The number of nitrogens with one attached hydrogen (secondary N) is 1. The largest absolute Gasteiger partial charge is 0.388 e. The van der Waals surface area contributed by atoms with E-state index in [0.717, 1.165) is 11.1 Å². The first-order chi connectivity index (χ1) is 10.5. The number of hydrogen-bond acceptors (Lipinski definition) is 2. The minimum absolute atomic E-state index is 0.167. The summed E-state index contributed by atoms with van der Waals surface area (Å²) in [5, 5.41) is 13.5. The van der Waals surface area contributed by atoms with Gasteiger partial charge in [0, 0.05) is 6.04 Å². The molecule has 0 fully saturated rings. The summed E-state index contributed by atoms with van der Waals surface area (Å²) in [6.45, 7) is 3.73. The van der Waals surface area contributed by atoms with Gasteiger partial charge in [0.2, 0.25) is 0 Å². The van der Waals surface area contributed by atoms with E-state index in [4.69, 9.17) is 11.6 Å². The van der Waals surface area contributed by atoms with Gasteiger partial charge in [-0.05, 0) is 37.5 Å². The fourth-order valence-electron chi connectivity index (χ4n) is 2.33. The van der Waals surface area contributed by atoms with Crippen LogP contribution >= 0.6 is 11.6 Å². The van der Waals surface area contributed by atoms with Crippen LogP contribution in [0.25, 0.3) is 0 Å². The van der Waals surface area contributed by atoms with Gasteiger partial charge in [0.15, 0.2) is 0 Å². The summed E-state index contributed by atoms with van der Waals surface area (Å²) in [5.41, 5.74) is 2.17. The summed E-state index contributed by atoms with van der Waals surface area (Å²) in [6, 6.07) is 14.6. The molecule has 2 N–H and O–H groups in total. The fraction of sp³-hybridized carbons (Fsp3) is 0.278. The predicted octanol–water partition coefficient (Wildman–Crippen LogP) is 3.89. The number of hydrogen-bond donors (Lipinski definition) is 2. The molecule has 22 heavy (non-hydrogen) atoms. The van der Waals surface area contributed by atoms with Gasteiger partial charge >= 0.3 is 0 Å². The molecule has 2 atom stereocenters. The van der Waals surface area contributed by atoms with Crippen LogP contribution in [0.5, 0.6) is 0 Å². The molecule has 0 saturated carbocycles. The van der Waals surface area contributed by atoms with E-state index in [-0.39, 0.29) is 11.9 Å². The molecule has 0 aromatic heterocycles. The number of aliphatic hydroxyl groups excluding tert-OH is 1. The SMILES string of the molecule is Cc1cccc(C(=O)NC(C)CC(O)c2ccccc2)c1Cl. The van der Waals surface area contributed by atoms with Crippen LogP contribution in [0.3, 0.4) is 0 Å². The molecular weight excluding hydrogens is 298 g/mol. The zero-order valence-electron chi connectivity index (χ0n) is 12.7. The van der Waals surface area contributed by atoms with Gasteiger partial charge < -0.3 is 10.4 Å². The first kappa shape index (κ1) is 16.5. The molecule has 116 valence electrons. The van der Waals surface area contributed by atoms with Gasteiger partial charge in [-0.1, -0.05) is 54.1 Å². The summed E-state index contributed by atoms with van der Waals surface area (Å²) < 4.78 is 0. The molecule has 0 bridgehead atoms. The molecule has 4 heteroatoms. The quantitative estimate of drug-likeness (QED) is 0.879. The molecule has 2 unspecified atom stereocenters. The molecule has 0 aliphatic rings. The van der Waals surface area contributed by atoms with Gasteiger partial charge in [-0.25, -0.2) is 0 Å². The van der Waals surface area contributed by atoms with Crippen LogP contribution < -0.4 is 5.32 Å². The Morgan fingerprint density at radius 1 is 1.18 bits per heavy atom. The smallest absolute Gasteiger partial charge is 0.253 e. The highest BCUT2D eigenvalue weighted by atomic mass is 35.5. The standard InChI is InChI=1S/C18H20ClNO2/c1-12-7-6-10-15(17(12)19)18(22)20-13(2)11-16(21)14-8-4-3-5-9-14/h3-10,13,16,21H,11H2,1-2H3,(H,20,22). The second-order valence-corrected chi connectivity index (χ2v) is 5.85. The molecule has 2 rings (SSSR count). The normalized spacial score (nSPS) is 13.5. The Bertz CT molecular complexity index is 643. The van der Waals surface area contributed by atoms with Crippen LogP contribution in [-0.2, 0) is 0 Å². The van der Waals surface area contributed by atoms with Crippen LogP contribution in [0.1, 0.15) is 40.9 Å². The number of carbonyl (C=O) groups excluding carboxylic acids is 1. The van der Waals surface area contributed by atoms with E-state index in [2.05, 4.69) is 5.32 Å².